The SMILES string of the molecule is CC1(OC(=O)NCC(=O)Nc2ccc3c(c2)NC(=O)C32CCOCC2)COC1. The van der Waals surface area contributed by atoms with E-state index in [1.54, 1.807) is 19.1 Å². The van der Waals surface area contributed by atoms with Gasteiger partial charge in [0.05, 0.1) is 18.6 Å². The van der Waals surface area contributed by atoms with Crippen LogP contribution in [0.25, 0.3) is 0 Å². The lowest BCUT2D eigenvalue weighted by atomic mass is 9.75. The summed E-state index contributed by atoms with van der Waals surface area (Å²) in [5, 5.41) is 8.05. The maximum atomic E-state index is 12.5. The van der Waals surface area contributed by atoms with E-state index < -0.39 is 23.0 Å². The third-order valence-electron chi connectivity index (χ3n) is 5.40. The molecule has 28 heavy (non-hydrogen) atoms. The first kappa shape index (κ1) is 18.7. The molecule has 0 radical (unpaired) electrons. The van der Waals surface area contributed by atoms with E-state index >= 15 is 0 Å². The van der Waals surface area contributed by atoms with Gasteiger partial charge in [-0.1, -0.05) is 6.07 Å². The minimum absolute atomic E-state index is 0.0212. The molecule has 3 amide bonds. The first-order chi connectivity index (χ1) is 13.4. The van der Waals surface area contributed by atoms with Crippen molar-refractivity contribution in [3.05, 3.63) is 23.8 Å². The summed E-state index contributed by atoms with van der Waals surface area (Å²) in [6.45, 7) is 3.35. The summed E-state index contributed by atoms with van der Waals surface area (Å²) in [5.74, 6) is -0.413. The molecule has 9 nitrogen and oxygen atoms in total. The molecule has 3 aliphatic rings. The van der Waals surface area contributed by atoms with Crippen LogP contribution < -0.4 is 16.0 Å². The lowest BCUT2D eigenvalue weighted by molar-refractivity contribution is -0.167. The Bertz CT molecular complexity index is 814. The molecule has 2 fully saturated rings. The average molecular weight is 389 g/mol. The Labute approximate surface area is 162 Å². The maximum Gasteiger partial charge on any atom is 0.408 e. The number of hydrogen-bond acceptors (Lipinski definition) is 6. The highest BCUT2D eigenvalue weighted by Gasteiger charge is 2.47. The first-order valence-electron chi connectivity index (χ1n) is 9.28. The Hall–Kier alpha value is -2.65. The van der Waals surface area contributed by atoms with Gasteiger partial charge in [0.1, 0.15) is 6.54 Å². The number of hydrogen-bond donors (Lipinski definition) is 3. The number of carbonyl (C=O) groups excluding carboxylic acids is 3. The fourth-order valence-electron chi connectivity index (χ4n) is 3.79. The molecule has 0 bridgehead atoms. The van der Waals surface area contributed by atoms with Crippen LogP contribution in [0.1, 0.15) is 25.3 Å². The van der Waals surface area contributed by atoms with Gasteiger partial charge in [0.2, 0.25) is 11.8 Å². The van der Waals surface area contributed by atoms with Crippen LogP contribution in [0.2, 0.25) is 0 Å². The maximum absolute atomic E-state index is 12.5. The number of nitrogens with one attached hydrogen (secondary N) is 3. The van der Waals surface area contributed by atoms with E-state index in [4.69, 9.17) is 14.2 Å². The Balaban J connectivity index is 1.34. The summed E-state index contributed by atoms with van der Waals surface area (Å²) in [5.41, 5.74) is 1.02. The standard InChI is InChI=1S/C19H23N3O6/c1-18(10-27-11-18)28-17(25)20-9-15(23)21-12-2-3-13-14(8-12)22-16(24)19(13)4-6-26-7-5-19/h2-3,8H,4-7,9-11H2,1H3,(H,20,25)(H,21,23)(H,22,24). The van der Waals surface area contributed by atoms with Gasteiger partial charge in [0, 0.05) is 24.6 Å². The number of benzene rings is 1. The van der Waals surface area contributed by atoms with Gasteiger partial charge in [-0.25, -0.2) is 4.79 Å². The molecule has 4 rings (SSSR count). The smallest absolute Gasteiger partial charge is 0.408 e. The number of amides is 3. The minimum atomic E-state index is -0.663. The zero-order chi connectivity index (χ0) is 19.8. The summed E-state index contributed by atoms with van der Waals surface area (Å²) >= 11 is 0. The van der Waals surface area contributed by atoms with Crippen molar-refractivity contribution < 1.29 is 28.6 Å². The third-order valence-corrected chi connectivity index (χ3v) is 5.40. The Morgan fingerprint density at radius 3 is 2.64 bits per heavy atom. The molecule has 0 aromatic heterocycles. The van der Waals surface area contributed by atoms with Crippen molar-refractivity contribution in [3.8, 4) is 0 Å². The fraction of sp³-hybridized carbons (Fsp3) is 0.526. The van der Waals surface area contributed by atoms with Crippen molar-refractivity contribution in [1.82, 2.24) is 5.32 Å². The van der Waals surface area contributed by atoms with Crippen LogP contribution in [0.3, 0.4) is 0 Å². The zero-order valence-electron chi connectivity index (χ0n) is 15.6. The predicted molar refractivity (Wildman–Crippen MR) is 99.1 cm³/mol. The monoisotopic (exact) mass is 389 g/mol. The van der Waals surface area contributed by atoms with Crippen LogP contribution in [-0.2, 0) is 29.2 Å². The third kappa shape index (κ3) is 3.43. The fourth-order valence-corrected chi connectivity index (χ4v) is 3.79. The molecular weight excluding hydrogens is 366 g/mol. The molecule has 3 heterocycles. The molecule has 1 spiro atoms. The van der Waals surface area contributed by atoms with Gasteiger partial charge in [-0.2, -0.15) is 0 Å². The number of carbonyl (C=O) groups is 3. The van der Waals surface area contributed by atoms with Crippen molar-refractivity contribution >= 4 is 29.3 Å². The predicted octanol–water partition coefficient (Wildman–Crippen LogP) is 1.14. The zero-order valence-corrected chi connectivity index (χ0v) is 15.6. The second-order valence-corrected chi connectivity index (χ2v) is 7.64. The Morgan fingerprint density at radius 1 is 1.21 bits per heavy atom. The molecule has 2 saturated heterocycles. The van der Waals surface area contributed by atoms with Gasteiger partial charge in [-0.15, -0.1) is 0 Å². The number of alkyl carbamates (subject to hydrolysis) is 1. The number of fused-ring (bicyclic) bond motifs is 2. The summed E-state index contributed by atoms with van der Waals surface area (Å²) in [7, 11) is 0. The summed E-state index contributed by atoms with van der Waals surface area (Å²) < 4.78 is 15.6. The summed E-state index contributed by atoms with van der Waals surface area (Å²) in [6, 6.07) is 5.37. The van der Waals surface area contributed by atoms with Gasteiger partial charge in [0.15, 0.2) is 5.60 Å². The van der Waals surface area contributed by atoms with E-state index in [0.29, 0.717) is 50.6 Å². The summed E-state index contributed by atoms with van der Waals surface area (Å²) in [4.78, 5) is 36.4. The van der Waals surface area contributed by atoms with E-state index in [0.717, 1.165) is 5.56 Å². The molecule has 1 aromatic carbocycles. The van der Waals surface area contributed by atoms with Gasteiger partial charge in [-0.05, 0) is 37.5 Å². The number of ether oxygens (including phenoxy) is 3. The second kappa shape index (κ2) is 7.06. The van der Waals surface area contributed by atoms with E-state index in [1.165, 1.54) is 0 Å². The highest BCUT2D eigenvalue weighted by atomic mass is 16.6. The molecule has 9 heteroatoms. The normalized spacial score (nSPS) is 21.2. The van der Waals surface area contributed by atoms with Gasteiger partial charge < -0.3 is 30.2 Å². The second-order valence-electron chi connectivity index (χ2n) is 7.64. The van der Waals surface area contributed by atoms with Crippen LogP contribution in [0.4, 0.5) is 16.2 Å². The van der Waals surface area contributed by atoms with E-state index in [2.05, 4.69) is 16.0 Å². The van der Waals surface area contributed by atoms with Crippen molar-refractivity contribution in [2.45, 2.75) is 30.8 Å². The molecule has 0 aliphatic carbocycles. The van der Waals surface area contributed by atoms with Crippen LogP contribution in [0.15, 0.2) is 18.2 Å². The first-order valence-corrected chi connectivity index (χ1v) is 9.28. The van der Waals surface area contributed by atoms with Crippen LogP contribution in [0.5, 0.6) is 0 Å². The Morgan fingerprint density at radius 2 is 1.96 bits per heavy atom. The molecule has 1 aromatic rings. The molecule has 150 valence electrons. The van der Waals surface area contributed by atoms with Crippen molar-refractivity contribution in [1.29, 1.82) is 0 Å². The van der Waals surface area contributed by atoms with Crippen LogP contribution >= 0.6 is 0 Å². The van der Waals surface area contributed by atoms with Gasteiger partial charge in [-0.3, -0.25) is 9.59 Å². The number of anilines is 2. The molecule has 0 unspecified atom stereocenters. The van der Waals surface area contributed by atoms with E-state index in [9.17, 15) is 14.4 Å². The highest BCUT2D eigenvalue weighted by molar-refractivity contribution is 6.07. The summed E-state index contributed by atoms with van der Waals surface area (Å²) in [6.07, 6.45) is 0.629. The quantitative estimate of drug-likeness (QED) is 0.711. The van der Waals surface area contributed by atoms with Gasteiger partial charge in [0.25, 0.3) is 0 Å². The molecule has 3 N–H and O–H groups in total. The van der Waals surface area contributed by atoms with E-state index in [1.807, 2.05) is 6.07 Å². The van der Waals surface area contributed by atoms with E-state index in [-0.39, 0.29) is 12.5 Å². The van der Waals surface area contributed by atoms with Gasteiger partial charge >= 0.3 is 6.09 Å². The Kier molecular flexibility index (Phi) is 4.72. The van der Waals surface area contributed by atoms with Crippen molar-refractivity contribution in [3.63, 3.8) is 0 Å². The van der Waals surface area contributed by atoms with Crippen molar-refractivity contribution in [2.24, 2.45) is 0 Å². The minimum Gasteiger partial charge on any atom is -0.438 e. The number of rotatable bonds is 4. The average Bonchev–Trinajstić information content (AvgIpc) is 2.90. The molecule has 3 aliphatic heterocycles. The highest BCUT2D eigenvalue weighted by Crippen LogP contribution is 2.45. The topological polar surface area (TPSA) is 115 Å². The molecule has 0 saturated carbocycles. The molecule has 0 atom stereocenters. The lowest BCUT2D eigenvalue weighted by Gasteiger charge is -2.36. The van der Waals surface area contributed by atoms with Crippen LogP contribution in [0, 0.1) is 0 Å². The molecular formula is C19H23N3O6. The van der Waals surface area contributed by atoms with Crippen molar-refractivity contribution in [2.75, 3.05) is 43.6 Å². The largest absolute Gasteiger partial charge is 0.438 e. The van der Waals surface area contributed by atoms with Crippen LogP contribution in [-0.4, -0.2) is 56.5 Å². The lowest BCUT2D eigenvalue weighted by Crippen LogP contribution is -2.52.